The van der Waals surface area contributed by atoms with E-state index < -0.39 is 21.9 Å². The van der Waals surface area contributed by atoms with Gasteiger partial charge in [0.05, 0.1) is 22.0 Å². The second-order valence-electron chi connectivity index (χ2n) is 7.42. The van der Waals surface area contributed by atoms with E-state index in [1.165, 1.54) is 12.1 Å². The van der Waals surface area contributed by atoms with Crippen LogP contribution in [-0.4, -0.2) is 20.8 Å². The van der Waals surface area contributed by atoms with Gasteiger partial charge in [-0.1, -0.05) is 36.4 Å². The maximum absolute atomic E-state index is 13.1. The number of fused-ring (bicyclic) bond motifs is 1. The Morgan fingerprint density at radius 2 is 1.85 bits per heavy atom. The Morgan fingerprint density at radius 3 is 2.61 bits per heavy atom. The summed E-state index contributed by atoms with van der Waals surface area (Å²) < 4.78 is 6.92. The van der Waals surface area contributed by atoms with Crippen molar-refractivity contribution in [3.63, 3.8) is 0 Å². The summed E-state index contributed by atoms with van der Waals surface area (Å²) in [5.74, 6) is 0.0632. The minimum absolute atomic E-state index is 0.00692. The van der Waals surface area contributed by atoms with Gasteiger partial charge in [-0.2, -0.15) is 9.78 Å². The van der Waals surface area contributed by atoms with Gasteiger partial charge >= 0.3 is 0 Å². The number of hydrogen-bond acceptors (Lipinski definition) is 7. The first-order valence-electron chi connectivity index (χ1n) is 10.0. The largest absolute Gasteiger partial charge is 0.867 e. The first-order chi connectivity index (χ1) is 15.8. The third-order valence-electron chi connectivity index (χ3n) is 5.02. The van der Waals surface area contributed by atoms with Crippen LogP contribution in [0.5, 0.6) is 11.5 Å². The maximum Gasteiger partial charge on any atom is 0.282 e. The van der Waals surface area contributed by atoms with Crippen LogP contribution in [0.15, 0.2) is 70.6 Å². The van der Waals surface area contributed by atoms with Crippen LogP contribution in [0.25, 0.3) is 10.9 Å². The minimum atomic E-state index is -0.783. The van der Waals surface area contributed by atoms with E-state index in [0.29, 0.717) is 22.2 Å². The van der Waals surface area contributed by atoms with Crippen LogP contribution in [0.1, 0.15) is 22.5 Å². The summed E-state index contributed by atoms with van der Waals surface area (Å²) in [7, 11) is 0. The summed E-state index contributed by atoms with van der Waals surface area (Å²) in [6.07, 6.45) is 1.14. The molecule has 0 radical (unpaired) electrons. The molecule has 0 unspecified atom stereocenters. The zero-order valence-electron chi connectivity index (χ0n) is 17.9. The third-order valence-corrected chi connectivity index (χ3v) is 5.02. The number of aromatic nitrogens is 2. The van der Waals surface area contributed by atoms with E-state index >= 15 is 0 Å². The fourth-order valence-electron chi connectivity index (χ4n) is 3.38. The Kier molecular flexibility index (Phi) is 5.86. The van der Waals surface area contributed by atoms with Crippen LogP contribution in [0.3, 0.4) is 0 Å². The van der Waals surface area contributed by atoms with Crippen molar-refractivity contribution < 1.29 is 14.8 Å². The molecule has 9 heteroatoms. The van der Waals surface area contributed by atoms with Gasteiger partial charge < -0.3 is 9.84 Å². The van der Waals surface area contributed by atoms with E-state index in [1.54, 1.807) is 37.3 Å². The van der Waals surface area contributed by atoms with Gasteiger partial charge in [0.1, 0.15) is 12.4 Å². The van der Waals surface area contributed by atoms with E-state index in [4.69, 9.17) is 4.74 Å². The number of aryl methyl sites for hydroxylation is 2. The summed E-state index contributed by atoms with van der Waals surface area (Å²) in [5, 5.41) is 28.2. The lowest BCUT2D eigenvalue weighted by molar-refractivity contribution is -0.398. The molecule has 0 fully saturated rings. The molecule has 0 bridgehead atoms. The van der Waals surface area contributed by atoms with Crippen molar-refractivity contribution >= 4 is 22.8 Å². The Hall–Kier alpha value is -4.53. The molecule has 0 saturated carbocycles. The lowest BCUT2D eigenvalue weighted by Gasteiger charge is -2.13. The average Bonchev–Trinajstić information content (AvgIpc) is 2.79. The van der Waals surface area contributed by atoms with Crippen molar-refractivity contribution in [2.45, 2.75) is 20.5 Å². The summed E-state index contributed by atoms with van der Waals surface area (Å²) in [6, 6.07) is 16.9. The van der Waals surface area contributed by atoms with Gasteiger partial charge in [-0.05, 0) is 54.5 Å². The fourth-order valence-corrected chi connectivity index (χ4v) is 3.38. The predicted octanol–water partition coefficient (Wildman–Crippen LogP) is 3.46. The Bertz CT molecular complexity index is 1460. The van der Waals surface area contributed by atoms with Gasteiger partial charge in [-0.25, -0.2) is 4.98 Å². The van der Waals surface area contributed by atoms with Crippen LogP contribution in [0.4, 0.5) is 5.69 Å². The number of nitrogens with zero attached hydrogens (tertiary/aromatic N) is 4. The highest BCUT2D eigenvalue weighted by Crippen LogP contribution is 2.27. The van der Waals surface area contributed by atoms with E-state index in [9.17, 15) is 20.0 Å². The molecule has 0 aliphatic heterocycles. The van der Waals surface area contributed by atoms with Gasteiger partial charge in [0.2, 0.25) is 0 Å². The number of nitro benzene ring substituents is 1. The van der Waals surface area contributed by atoms with E-state index in [-0.39, 0.29) is 18.0 Å². The molecule has 1 aromatic heterocycles. The van der Waals surface area contributed by atoms with Crippen molar-refractivity contribution in [2.24, 2.45) is 5.10 Å². The number of para-hydroxylation sites is 2. The smallest absolute Gasteiger partial charge is 0.282 e. The summed E-state index contributed by atoms with van der Waals surface area (Å²) in [5.41, 5.74) is 0.910. The molecule has 0 amide bonds. The lowest BCUT2D eigenvalue weighted by atomic mass is 10.1. The Balaban J connectivity index is 1.80. The predicted molar refractivity (Wildman–Crippen MR) is 122 cm³/mol. The standard InChI is InChI=1S/C24H20N4O5/c1-15-11-17(23(29)20(12-15)28(31)32)13-25-27-22(14-33-21-10-6-3-7-16(21)2)26-19-9-5-4-8-18(19)24(27)30/h3-13,29H,14H2,1-2H3/p-1/b25-13-. The molecule has 0 aliphatic rings. The first kappa shape index (κ1) is 21.7. The zero-order chi connectivity index (χ0) is 23.5. The molecule has 166 valence electrons. The lowest BCUT2D eigenvalue weighted by Crippen LogP contribution is -2.23. The van der Waals surface area contributed by atoms with Crippen molar-refractivity contribution in [3.8, 4) is 11.5 Å². The first-order valence-corrected chi connectivity index (χ1v) is 10.0. The summed E-state index contributed by atoms with van der Waals surface area (Å²) in [4.78, 5) is 28.1. The highest BCUT2D eigenvalue weighted by Gasteiger charge is 2.13. The quantitative estimate of drug-likeness (QED) is 0.255. The molecule has 1 heterocycles. The molecule has 0 spiro atoms. The SMILES string of the molecule is Cc1cc(/C=N\n2c(COc3ccccc3C)nc3ccccc3c2=O)c([O-])c([N+](=O)[O-])c1. The molecule has 0 aliphatic carbocycles. The van der Waals surface area contributed by atoms with E-state index in [2.05, 4.69) is 10.1 Å². The third kappa shape index (κ3) is 4.42. The van der Waals surface area contributed by atoms with Gasteiger partial charge in [0.15, 0.2) is 5.82 Å². The van der Waals surface area contributed by atoms with Gasteiger partial charge in [-0.15, -0.1) is 0 Å². The van der Waals surface area contributed by atoms with Gasteiger partial charge in [0, 0.05) is 6.07 Å². The number of nitro groups is 1. The van der Waals surface area contributed by atoms with Crippen LogP contribution in [0, 0.1) is 24.0 Å². The topological polar surface area (TPSA) is 123 Å². The monoisotopic (exact) mass is 443 g/mol. The molecule has 0 atom stereocenters. The second-order valence-corrected chi connectivity index (χ2v) is 7.42. The van der Waals surface area contributed by atoms with Gasteiger partial charge in [0.25, 0.3) is 11.2 Å². The highest BCUT2D eigenvalue weighted by atomic mass is 16.6. The normalized spacial score (nSPS) is 11.2. The Morgan fingerprint density at radius 1 is 1.12 bits per heavy atom. The highest BCUT2D eigenvalue weighted by molar-refractivity contribution is 5.86. The molecule has 33 heavy (non-hydrogen) atoms. The summed E-state index contributed by atoms with van der Waals surface area (Å²) in [6.45, 7) is 3.48. The van der Waals surface area contributed by atoms with Crippen molar-refractivity contribution in [1.82, 2.24) is 9.66 Å². The molecule has 4 rings (SSSR count). The van der Waals surface area contributed by atoms with E-state index in [0.717, 1.165) is 16.5 Å². The van der Waals surface area contributed by atoms with Crippen molar-refractivity contribution in [2.75, 3.05) is 0 Å². The molecule has 0 N–H and O–H groups in total. The number of ether oxygens (including phenoxy) is 1. The molecular weight excluding hydrogens is 424 g/mol. The van der Waals surface area contributed by atoms with Crippen LogP contribution in [-0.2, 0) is 6.61 Å². The molecule has 3 aromatic carbocycles. The van der Waals surface area contributed by atoms with Crippen LogP contribution < -0.4 is 15.4 Å². The number of hydrogen-bond donors (Lipinski definition) is 0. The number of rotatable bonds is 6. The summed E-state index contributed by atoms with van der Waals surface area (Å²) >= 11 is 0. The molecule has 0 saturated heterocycles. The zero-order valence-corrected chi connectivity index (χ0v) is 17.9. The van der Waals surface area contributed by atoms with Gasteiger partial charge in [-0.3, -0.25) is 14.9 Å². The van der Waals surface area contributed by atoms with Crippen LogP contribution >= 0.6 is 0 Å². The maximum atomic E-state index is 13.1. The fraction of sp³-hybridized carbons (Fsp3) is 0.125. The number of benzene rings is 3. The van der Waals surface area contributed by atoms with Crippen LogP contribution in [0.2, 0.25) is 0 Å². The Labute approximate surface area is 188 Å². The second kappa shape index (κ2) is 8.91. The molecule has 4 aromatic rings. The van der Waals surface area contributed by atoms with E-state index in [1.807, 2.05) is 25.1 Å². The van der Waals surface area contributed by atoms with Crippen molar-refractivity contribution in [3.05, 3.63) is 104 Å². The minimum Gasteiger partial charge on any atom is -0.867 e. The van der Waals surface area contributed by atoms with Crippen molar-refractivity contribution in [1.29, 1.82) is 0 Å². The molecular formula is C24H19N4O5-. The average molecular weight is 443 g/mol. The molecule has 9 nitrogen and oxygen atoms in total.